The first-order valence-corrected chi connectivity index (χ1v) is 7.88. The maximum absolute atomic E-state index is 13.1. The van der Waals surface area contributed by atoms with Crippen molar-refractivity contribution in [3.05, 3.63) is 58.7 Å². The molecule has 1 N–H and O–H groups in total. The summed E-state index contributed by atoms with van der Waals surface area (Å²) in [6.07, 6.45) is 0.270. The zero-order valence-electron chi connectivity index (χ0n) is 13.6. The first-order valence-electron chi connectivity index (χ1n) is 7.88. The summed E-state index contributed by atoms with van der Waals surface area (Å²) in [6.45, 7) is 1.04. The number of aryl methyl sites for hydroxylation is 1. The van der Waals surface area contributed by atoms with Crippen LogP contribution in [0.2, 0.25) is 0 Å². The Morgan fingerprint density at radius 2 is 1.84 bits per heavy atom. The van der Waals surface area contributed by atoms with Crippen LogP contribution in [0.25, 0.3) is 0 Å². The number of halogens is 3. The fourth-order valence-electron chi connectivity index (χ4n) is 2.96. The van der Waals surface area contributed by atoms with Gasteiger partial charge in [0.05, 0.1) is 11.1 Å². The zero-order valence-corrected chi connectivity index (χ0v) is 13.6. The van der Waals surface area contributed by atoms with E-state index in [0.717, 1.165) is 18.9 Å². The summed E-state index contributed by atoms with van der Waals surface area (Å²) in [5.41, 5.74) is 0.415. The molecule has 1 aliphatic carbocycles. The third-order valence-corrected chi connectivity index (χ3v) is 4.54. The van der Waals surface area contributed by atoms with Crippen molar-refractivity contribution in [1.29, 1.82) is 0 Å². The molecule has 0 radical (unpaired) electrons. The highest BCUT2D eigenvalue weighted by molar-refractivity contribution is 5.96. The van der Waals surface area contributed by atoms with E-state index in [-0.39, 0.29) is 11.0 Å². The standard InChI is InChI=1S/C18H17F3N2O2/c1-11-4-13(6-14(5-11)18(19,20)21)17(2-3-17)7-16-22-8-12(9-23-16)15(25)10-24/h4-6,8-9,24H,2-3,7,10H2,1H3. The second-order valence-electron chi connectivity index (χ2n) is 6.51. The topological polar surface area (TPSA) is 63.1 Å². The number of benzene rings is 1. The van der Waals surface area contributed by atoms with Gasteiger partial charge in [-0.2, -0.15) is 13.2 Å². The van der Waals surface area contributed by atoms with Gasteiger partial charge < -0.3 is 5.11 Å². The molecule has 0 bridgehead atoms. The van der Waals surface area contributed by atoms with Crippen molar-refractivity contribution in [3.8, 4) is 0 Å². The molecule has 2 aromatic rings. The Labute approximate surface area is 142 Å². The van der Waals surface area contributed by atoms with E-state index < -0.39 is 24.1 Å². The van der Waals surface area contributed by atoms with E-state index in [1.165, 1.54) is 18.5 Å². The normalized spacial score (nSPS) is 15.9. The summed E-state index contributed by atoms with van der Waals surface area (Å²) < 4.78 is 39.2. The summed E-state index contributed by atoms with van der Waals surface area (Å²) in [5, 5.41) is 8.82. The summed E-state index contributed by atoms with van der Waals surface area (Å²) in [4.78, 5) is 19.6. The highest BCUT2D eigenvalue weighted by atomic mass is 19.4. The van der Waals surface area contributed by atoms with E-state index in [9.17, 15) is 18.0 Å². The van der Waals surface area contributed by atoms with E-state index >= 15 is 0 Å². The van der Waals surface area contributed by atoms with E-state index in [0.29, 0.717) is 23.4 Å². The minimum Gasteiger partial charge on any atom is -0.388 e. The van der Waals surface area contributed by atoms with Crippen LogP contribution in [0.1, 0.15) is 45.7 Å². The summed E-state index contributed by atoms with van der Waals surface area (Å²) >= 11 is 0. The molecule has 3 rings (SSSR count). The van der Waals surface area contributed by atoms with Crippen LogP contribution in [-0.2, 0) is 18.0 Å². The summed E-state index contributed by atoms with van der Waals surface area (Å²) in [7, 11) is 0. The minimum absolute atomic E-state index is 0.214. The molecule has 0 unspecified atom stereocenters. The first-order chi connectivity index (χ1) is 11.7. The van der Waals surface area contributed by atoms with Gasteiger partial charge in [-0.25, -0.2) is 9.97 Å². The maximum atomic E-state index is 13.1. The molecule has 1 aromatic heterocycles. The van der Waals surface area contributed by atoms with Crippen LogP contribution < -0.4 is 0 Å². The minimum atomic E-state index is -4.38. The van der Waals surface area contributed by atoms with Crippen molar-refractivity contribution < 1.29 is 23.1 Å². The predicted octanol–water partition coefficient (Wildman–Crippen LogP) is 3.25. The molecular formula is C18H17F3N2O2. The quantitative estimate of drug-likeness (QED) is 0.841. The number of aliphatic hydroxyl groups excluding tert-OH is 1. The largest absolute Gasteiger partial charge is 0.416 e. The summed E-state index contributed by atoms with van der Waals surface area (Å²) in [5.74, 6) is 0.00300. The second kappa shape index (κ2) is 6.22. The average Bonchev–Trinajstić information content (AvgIpc) is 3.34. The monoisotopic (exact) mass is 350 g/mol. The maximum Gasteiger partial charge on any atom is 0.416 e. The molecule has 0 saturated heterocycles. The molecule has 7 heteroatoms. The highest BCUT2D eigenvalue weighted by Gasteiger charge is 2.46. The van der Waals surface area contributed by atoms with Crippen LogP contribution in [0, 0.1) is 6.92 Å². The number of alkyl halides is 3. The Kier molecular flexibility index (Phi) is 4.36. The van der Waals surface area contributed by atoms with Gasteiger partial charge in [0.15, 0.2) is 5.78 Å². The van der Waals surface area contributed by atoms with E-state index in [2.05, 4.69) is 9.97 Å². The van der Waals surface area contributed by atoms with E-state index in [4.69, 9.17) is 5.11 Å². The number of aromatic nitrogens is 2. The van der Waals surface area contributed by atoms with Crippen LogP contribution in [0.4, 0.5) is 13.2 Å². The lowest BCUT2D eigenvalue weighted by Crippen LogP contribution is -2.16. The van der Waals surface area contributed by atoms with E-state index in [1.807, 2.05) is 0 Å². The zero-order chi connectivity index (χ0) is 18.2. The number of rotatable bonds is 5. The van der Waals surface area contributed by atoms with Crippen molar-refractivity contribution >= 4 is 5.78 Å². The average molecular weight is 350 g/mol. The van der Waals surface area contributed by atoms with Crippen LogP contribution >= 0.6 is 0 Å². The van der Waals surface area contributed by atoms with Crippen molar-refractivity contribution in [2.75, 3.05) is 6.61 Å². The molecule has 0 atom stereocenters. The van der Waals surface area contributed by atoms with Gasteiger partial charge in [0, 0.05) is 24.2 Å². The number of hydrogen-bond acceptors (Lipinski definition) is 4. The Morgan fingerprint density at radius 3 is 2.36 bits per heavy atom. The highest BCUT2D eigenvalue weighted by Crippen LogP contribution is 2.51. The molecular weight excluding hydrogens is 333 g/mol. The van der Waals surface area contributed by atoms with Gasteiger partial charge in [-0.3, -0.25) is 4.79 Å². The number of Topliss-reactive ketones (excluding diaryl/α,β-unsaturated/α-hetero) is 1. The number of ketones is 1. The van der Waals surface area contributed by atoms with Gasteiger partial charge in [-0.15, -0.1) is 0 Å². The van der Waals surface area contributed by atoms with E-state index in [1.54, 1.807) is 13.0 Å². The van der Waals surface area contributed by atoms with Gasteiger partial charge in [0.25, 0.3) is 0 Å². The van der Waals surface area contributed by atoms with Gasteiger partial charge in [0.2, 0.25) is 0 Å². The fourth-order valence-corrected chi connectivity index (χ4v) is 2.96. The number of aliphatic hydroxyl groups is 1. The Bertz CT molecular complexity index is 797. The van der Waals surface area contributed by atoms with Crippen LogP contribution in [0.15, 0.2) is 30.6 Å². The number of carbonyl (C=O) groups excluding carboxylic acids is 1. The van der Waals surface area contributed by atoms with Gasteiger partial charge in [-0.05, 0) is 37.5 Å². The molecule has 1 aliphatic rings. The lowest BCUT2D eigenvalue weighted by Gasteiger charge is -2.18. The lowest BCUT2D eigenvalue weighted by molar-refractivity contribution is -0.137. The molecule has 0 amide bonds. The number of carbonyl (C=O) groups is 1. The third kappa shape index (κ3) is 3.71. The van der Waals surface area contributed by atoms with Crippen molar-refractivity contribution in [2.24, 2.45) is 0 Å². The molecule has 25 heavy (non-hydrogen) atoms. The molecule has 0 spiro atoms. The lowest BCUT2D eigenvalue weighted by atomic mass is 9.89. The van der Waals surface area contributed by atoms with Crippen LogP contribution in [0.5, 0.6) is 0 Å². The van der Waals surface area contributed by atoms with Gasteiger partial charge >= 0.3 is 6.18 Å². The first kappa shape index (κ1) is 17.5. The molecule has 1 saturated carbocycles. The molecule has 132 valence electrons. The van der Waals surface area contributed by atoms with Crippen LogP contribution in [-0.4, -0.2) is 27.5 Å². The Balaban J connectivity index is 1.86. The third-order valence-electron chi connectivity index (χ3n) is 4.54. The van der Waals surface area contributed by atoms with Crippen LogP contribution in [0.3, 0.4) is 0 Å². The van der Waals surface area contributed by atoms with Gasteiger partial charge in [-0.1, -0.05) is 11.6 Å². The van der Waals surface area contributed by atoms with Crippen molar-refractivity contribution in [3.63, 3.8) is 0 Å². The molecule has 1 fully saturated rings. The fraction of sp³-hybridized carbons (Fsp3) is 0.389. The smallest absolute Gasteiger partial charge is 0.388 e. The SMILES string of the molecule is Cc1cc(C(F)(F)F)cc(C2(Cc3ncc(C(=O)CO)cn3)CC2)c1. The molecule has 4 nitrogen and oxygen atoms in total. The Morgan fingerprint density at radius 1 is 1.20 bits per heavy atom. The number of hydrogen-bond donors (Lipinski definition) is 1. The van der Waals surface area contributed by atoms with Crippen molar-refractivity contribution in [2.45, 2.75) is 37.8 Å². The predicted molar refractivity (Wildman–Crippen MR) is 84.2 cm³/mol. The Hall–Kier alpha value is -2.28. The summed E-state index contributed by atoms with van der Waals surface area (Å²) in [6, 6.07) is 4.14. The molecule has 1 aromatic carbocycles. The second-order valence-corrected chi connectivity index (χ2v) is 6.51. The molecule has 0 aliphatic heterocycles. The van der Waals surface area contributed by atoms with Crippen molar-refractivity contribution in [1.82, 2.24) is 9.97 Å². The number of nitrogens with zero attached hydrogens (tertiary/aromatic N) is 2. The molecule has 1 heterocycles. The van der Waals surface area contributed by atoms with Gasteiger partial charge in [0.1, 0.15) is 12.4 Å².